The third kappa shape index (κ3) is 4.08. The van der Waals surface area contributed by atoms with E-state index in [1.165, 1.54) is 0 Å². The van der Waals surface area contributed by atoms with Gasteiger partial charge in [0.2, 0.25) is 0 Å². The van der Waals surface area contributed by atoms with Gasteiger partial charge >= 0.3 is 65.4 Å². The fourth-order valence-electron chi connectivity index (χ4n) is 3.18. The molecule has 25 heavy (non-hydrogen) atoms. The van der Waals surface area contributed by atoms with Gasteiger partial charge in [0.1, 0.15) is 0 Å². The van der Waals surface area contributed by atoms with Crippen molar-refractivity contribution in [1.29, 1.82) is 0 Å². The first-order chi connectivity index (χ1) is 10.9. The molecule has 134 valence electrons. The van der Waals surface area contributed by atoms with Crippen LogP contribution in [-0.4, -0.2) is 66.5 Å². The van der Waals surface area contributed by atoms with E-state index in [9.17, 15) is 28.8 Å². The summed E-state index contributed by atoms with van der Waals surface area (Å²) in [6.45, 7) is 0. The van der Waals surface area contributed by atoms with Crippen LogP contribution in [0, 0.1) is 35.5 Å². The van der Waals surface area contributed by atoms with E-state index in [0.717, 1.165) is 0 Å². The first kappa shape index (κ1) is 22.8. The molecule has 0 spiro atoms. The van der Waals surface area contributed by atoms with E-state index < -0.39 is 71.3 Å². The Balaban J connectivity index is 0. The summed E-state index contributed by atoms with van der Waals surface area (Å²) in [5.41, 5.74) is 0. The molecule has 12 nitrogen and oxygen atoms in total. The van der Waals surface area contributed by atoms with E-state index in [-0.39, 0.29) is 31.0 Å². The molecule has 1 fully saturated rings. The third-order valence-corrected chi connectivity index (χ3v) is 4.03. The maximum absolute atomic E-state index is 11.3. The summed E-state index contributed by atoms with van der Waals surface area (Å²) >= 11 is 0. The normalized spacial score (nSPS) is 31.2. The largest absolute Gasteiger partial charge is 1.00 e. The summed E-state index contributed by atoms with van der Waals surface area (Å²) in [5.74, 6) is -26.9. The molecule has 0 atom stereocenters. The maximum atomic E-state index is 11.3. The fraction of sp³-hybridized carbons (Fsp3) is 0.500. The van der Waals surface area contributed by atoms with E-state index in [4.69, 9.17) is 30.6 Å². The molecule has 0 aromatic carbocycles. The second kappa shape index (κ2) is 8.27. The van der Waals surface area contributed by atoms with Gasteiger partial charge in [0.15, 0.2) is 0 Å². The predicted molar refractivity (Wildman–Crippen MR) is 67.9 cm³/mol. The SMILES string of the molecule is O=C(O)C1C(C(=O)O)C(C(=O)O)C(C(=O)O)C(C(=O)O)C1C(=O)O.[H-].[Na+]. The van der Waals surface area contributed by atoms with E-state index >= 15 is 0 Å². The van der Waals surface area contributed by atoms with Crippen LogP contribution in [0.5, 0.6) is 0 Å². The molecule has 0 heterocycles. The van der Waals surface area contributed by atoms with Gasteiger partial charge in [0.05, 0.1) is 35.5 Å². The molecular weight excluding hydrogens is 359 g/mol. The van der Waals surface area contributed by atoms with Crippen LogP contribution in [0.3, 0.4) is 0 Å². The Bertz CT molecular complexity index is 482. The van der Waals surface area contributed by atoms with Crippen molar-refractivity contribution in [3.05, 3.63) is 0 Å². The van der Waals surface area contributed by atoms with Gasteiger partial charge in [0.25, 0.3) is 0 Å². The van der Waals surface area contributed by atoms with Crippen molar-refractivity contribution in [3.63, 3.8) is 0 Å². The number of carboxylic acid groups (broad SMARTS) is 6. The Morgan fingerprint density at radius 2 is 0.480 bits per heavy atom. The van der Waals surface area contributed by atoms with E-state index in [2.05, 4.69) is 0 Å². The summed E-state index contributed by atoms with van der Waals surface area (Å²) in [5, 5.41) is 54.8. The van der Waals surface area contributed by atoms with Crippen LogP contribution in [0.4, 0.5) is 0 Å². The number of aliphatic carboxylic acids is 6. The molecule has 1 rings (SSSR count). The van der Waals surface area contributed by atoms with Crippen LogP contribution >= 0.6 is 0 Å². The fourth-order valence-corrected chi connectivity index (χ4v) is 3.18. The Hall–Kier alpha value is -2.18. The van der Waals surface area contributed by atoms with Gasteiger partial charge in [-0.2, -0.15) is 0 Å². The standard InChI is InChI=1S/C12H12O12.Na.H/c13-7(14)1-2(8(15)16)4(10(19)20)6(12(23)24)5(11(21)22)3(1)9(17)18;;/h1-6H,(H,13,14)(H,15,16)(H,17,18)(H,19,20)(H,21,22)(H,23,24);;/q;+1;-1. The summed E-state index contributed by atoms with van der Waals surface area (Å²) in [7, 11) is 0. The van der Waals surface area contributed by atoms with Crippen molar-refractivity contribution in [1.82, 2.24) is 0 Å². The Labute approximate surface area is 161 Å². The zero-order chi connectivity index (χ0) is 18.9. The molecule has 0 amide bonds. The topological polar surface area (TPSA) is 224 Å². The van der Waals surface area contributed by atoms with Crippen molar-refractivity contribution in [3.8, 4) is 0 Å². The van der Waals surface area contributed by atoms with E-state index in [1.807, 2.05) is 0 Å². The van der Waals surface area contributed by atoms with Gasteiger partial charge in [-0.05, 0) is 0 Å². The van der Waals surface area contributed by atoms with Gasteiger partial charge in [-0.15, -0.1) is 0 Å². The average Bonchev–Trinajstić information content (AvgIpc) is 2.42. The van der Waals surface area contributed by atoms with E-state index in [1.54, 1.807) is 0 Å². The van der Waals surface area contributed by atoms with Gasteiger partial charge in [0, 0.05) is 0 Å². The average molecular weight is 372 g/mol. The van der Waals surface area contributed by atoms with Crippen molar-refractivity contribution in [2.24, 2.45) is 35.5 Å². The van der Waals surface area contributed by atoms with Crippen LogP contribution in [0.2, 0.25) is 0 Å². The smallest absolute Gasteiger partial charge is 1.00 e. The molecule has 0 aliphatic heterocycles. The minimum Gasteiger partial charge on any atom is -1.00 e. The van der Waals surface area contributed by atoms with Crippen molar-refractivity contribution in [2.45, 2.75) is 0 Å². The first-order valence-electron chi connectivity index (χ1n) is 6.30. The molecule has 0 saturated heterocycles. The van der Waals surface area contributed by atoms with Gasteiger partial charge in [-0.3, -0.25) is 28.8 Å². The van der Waals surface area contributed by atoms with Crippen LogP contribution in [0.15, 0.2) is 0 Å². The molecule has 1 aliphatic carbocycles. The van der Waals surface area contributed by atoms with E-state index in [0.29, 0.717) is 0 Å². The minimum absolute atomic E-state index is 0. The summed E-state index contributed by atoms with van der Waals surface area (Å²) in [4.78, 5) is 68.0. The summed E-state index contributed by atoms with van der Waals surface area (Å²) < 4.78 is 0. The van der Waals surface area contributed by atoms with Gasteiger partial charge in [-0.1, -0.05) is 0 Å². The van der Waals surface area contributed by atoms with Crippen LogP contribution in [-0.2, 0) is 28.8 Å². The number of carbonyl (C=O) groups is 6. The van der Waals surface area contributed by atoms with Crippen molar-refractivity contribution >= 4 is 35.8 Å². The monoisotopic (exact) mass is 372 g/mol. The molecular formula is C12H13NaO12. The van der Waals surface area contributed by atoms with Crippen molar-refractivity contribution in [2.75, 3.05) is 0 Å². The van der Waals surface area contributed by atoms with Crippen LogP contribution < -0.4 is 29.6 Å². The molecule has 0 aromatic heterocycles. The quantitative estimate of drug-likeness (QED) is 0.242. The van der Waals surface area contributed by atoms with Gasteiger partial charge < -0.3 is 32.1 Å². The number of carboxylic acids is 6. The molecule has 0 unspecified atom stereocenters. The van der Waals surface area contributed by atoms with Crippen LogP contribution in [0.1, 0.15) is 1.43 Å². The first-order valence-corrected chi connectivity index (χ1v) is 6.30. The van der Waals surface area contributed by atoms with Gasteiger partial charge in [-0.25, -0.2) is 0 Å². The number of hydrogen-bond acceptors (Lipinski definition) is 6. The van der Waals surface area contributed by atoms with Crippen LogP contribution in [0.25, 0.3) is 0 Å². The molecule has 0 aromatic rings. The third-order valence-electron chi connectivity index (χ3n) is 4.03. The summed E-state index contributed by atoms with van der Waals surface area (Å²) in [6.07, 6.45) is 0. The zero-order valence-corrected chi connectivity index (χ0v) is 14.6. The number of rotatable bonds is 6. The molecule has 0 bridgehead atoms. The minimum atomic E-state index is -2.43. The molecule has 13 heteroatoms. The molecule has 1 aliphatic rings. The Kier molecular flexibility index (Phi) is 7.55. The zero-order valence-electron chi connectivity index (χ0n) is 13.6. The van der Waals surface area contributed by atoms with Crippen molar-refractivity contribution < 1.29 is 90.4 Å². The maximum Gasteiger partial charge on any atom is 1.00 e. The Morgan fingerprint density at radius 1 is 0.400 bits per heavy atom. The second-order valence-corrected chi connectivity index (χ2v) is 5.18. The Morgan fingerprint density at radius 3 is 0.520 bits per heavy atom. The predicted octanol–water partition coefficient (Wildman–Crippen LogP) is -4.68. The number of hydrogen-bond donors (Lipinski definition) is 6. The second-order valence-electron chi connectivity index (χ2n) is 5.18. The molecule has 6 N–H and O–H groups in total. The molecule has 1 saturated carbocycles. The molecule has 0 radical (unpaired) electrons. The summed E-state index contributed by atoms with van der Waals surface area (Å²) in [6, 6.07) is 0.